The van der Waals surface area contributed by atoms with E-state index in [0.717, 1.165) is 31.5 Å². The number of ether oxygens (including phenoxy) is 1. The summed E-state index contributed by atoms with van der Waals surface area (Å²) in [7, 11) is 1.53. The molecule has 9 nitrogen and oxygen atoms in total. The monoisotopic (exact) mass is 434 g/mol. The minimum atomic E-state index is -3.74. The van der Waals surface area contributed by atoms with Crippen molar-refractivity contribution >= 4 is 21.9 Å². The Hall–Kier alpha value is -2.46. The lowest BCUT2D eigenvalue weighted by Gasteiger charge is -2.27. The summed E-state index contributed by atoms with van der Waals surface area (Å²) in [5, 5.41) is 0. The van der Waals surface area contributed by atoms with Crippen LogP contribution in [-0.4, -0.2) is 57.7 Å². The van der Waals surface area contributed by atoms with E-state index in [2.05, 4.69) is 24.6 Å². The number of hydrogen-bond donors (Lipinski definition) is 1. The summed E-state index contributed by atoms with van der Waals surface area (Å²) in [5.41, 5.74) is 1.45. The Morgan fingerprint density at radius 3 is 2.40 bits per heavy atom. The number of hydrogen-bond acceptors (Lipinski definition) is 8. The largest absolute Gasteiger partial charge is 0.496 e. The number of rotatable bonds is 7. The lowest BCUT2D eigenvalue weighted by atomic mass is 10.1. The molecule has 0 bridgehead atoms. The maximum absolute atomic E-state index is 12.9. The van der Waals surface area contributed by atoms with Crippen LogP contribution in [0.2, 0.25) is 0 Å². The van der Waals surface area contributed by atoms with E-state index in [0.29, 0.717) is 29.0 Å². The SMILES string of the molecule is COc1ccc(S(=O)(=O)NCc2nc(N(C)C)nc(N3CCCCC3)n2)c(C)c1C. The molecular weight excluding hydrogens is 404 g/mol. The smallest absolute Gasteiger partial charge is 0.241 e. The minimum Gasteiger partial charge on any atom is -0.496 e. The topological polar surface area (TPSA) is 101 Å². The van der Waals surface area contributed by atoms with E-state index in [9.17, 15) is 8.42 Å². The number of nitrogens with zero attached hydrogens (tertiary/aromatic N) is 5. The molecule has 1 aliphatic rings. The second-order valence-corrected chi connectivity index (χ2v) is 9.37. The van der Waals surface area contributed by atoms with Crippen molar-refractivity contribution in [3.8, 4) is 5.75 Å². The van der Waals surface area contributed by atoms with E-state index < -0.39 is 10.0 Å². The summed E-state index contributed by atoms with van der Waals surface area (Å²) in [4.78, 5) is 17.6. The highest BCUT2D eigenvalue weighted by Crippen LogP contribution is 2.27. The number of sulfonamides is 1. The second kappa shape index (κ2) is 9.13. The summed E-state index contributed by atoms with van der Waals surface area (Å²) in [5.74, 6) is 2.15. The third kappa shape index (κ3) is 4.81. The van der Waals surface area contributed by atoms with Gasteiger partial charge in [-0.15, -0.1) is 0 Å². The molecule has 0 aliphatic carbocycles. The van der Waals surface area contributed by atoms with Crippen molar-refractivity contribution in [1.29, 1.82) is 0 Å². The Morgan fingerprint density at radius 2 is 1.77 bits per heavy atom. The van der Waals surface area contributed by atoms with Gasteiger partial charge in [-0.05, 0) is 56.4 Å². The molecular formula is C20H30N6O3S. The van der Waals surface area contributed by atoms with Gasteiger partial charge in [-0.2, -0.15) is 15.0 Å². The first-order valence-electron chi connectivity index (χ1n) is 10.0. The van der Waals surface area contributed by atoms with Crippen LogP contribution < -0.4 is 19.3 Å². The van der Waals surface area contributed by atoms with Crippen molar-refractivity contribution < 1.29 is 13.2 Å². The van der Waals surface area contributed by atoms with Gasteiger partial charge in [-0.1, -0.05) is 0 Å². The molecule has 3 rings (SSSR count). The van der Waals surface area contributed by atoms with E-state index in [1.165, 1.54) is 6.42 Å². The Bertz CT molecular complexity index is 1000. The molecule has 1 saturated heterocycles. The van der Waals surface area contributed by atoms with Crippen LogP contribution in [0, 0.1) is 13.8 Å². The molecule has 0 spiro atoms. The molecule has 30 heavy (non-hydrogen) atoms. The molecule has 0 atom stereocenters. The zero-order valence-corrected chi connectivity index (χ0v) is 19.1. The van der Waals surface area contributed by atoms with Crippen molar-refractivity contribution in [2.75, 3.05) is 44.1 Å². The predicted molar refractivity (Wildman–Crippen MR) is 117 cm³/mol. The van der Waals surface area contributed by atoms with Crippen LogP contribution in [0.15, 0.2) is 17.0 Å². The number of aromatic nitrogens is 3. The highest BCUT2D eigenvalue weighted by molar-refractivity contribution is 7.89. The molecule has 1 aliphatic heterocycles. The van der Waals surface area contributed by atoms with E-state index in [1.807, 2.05) is 21.0 Å². The van der Waals surface area contributed by atoms with Crippen LogP contribution in [-0.2, 0) is 16.6 Å². The van der Waals surface area contributed by atoms with E-state index in [1.54, 1.807) is 31.1 Å². The average Bonchev–Trinajstić information content (AvgIpc) is 2.74. The lowest BCUT2D eigenvalue weighted by molar-refractivity contribution is 0.410. The lowest BCUT2D eigenvalue weighted by Crippen LogP contribution is -2.33. The first-order valence-corrected chi connectivity index (χ1v) is 11.5. The number of nitrogens with one attached hydrogen (secondary N) is 1. The van der Waals surface area contributed by atoms with E-state index in [4.69, 9.17) is 4.74 Å². The molecule has 1 aromatic carbocycles. The fourth-order valence-corrected chi connectivity index (χ4v) is 4.71. The molecule has 10 heteroatoms. The van der Waals surface area contributed by atoms with E-state index >= 15 is 0 Å². The van der Waals surface area contributed by atoms with Crippen LogP contribution in [0.4, 0.5) is 11.9 Å². The third-order valence-electron chi connectivity index (χ3n) is 5.31. The van der Waals surface area contributed by atoms with Gasteiger partial charge in [0, 0.05) is 27.2 Å². The fraction of sp³-hybridized carbons (Fsp3) is 0.550. The number of anilines is 2. The highest BCUT2D eigenvalue weighted by atomic mass is 32.2. The van der Waals surface area contributed by atoms with Gasteiger partial charge in [-0.25, -0.2) is 13.1 Å². The Morgan fingerprint density at radius 1 is 1.07 bits per heavy atom. The second-order valence-electron chi connectivity index (χ2n) is 7.63. The molecule has 0 saturated carbocycles. The molecule has 1 N–H and O–H groups in total. The summed E-state index contributed by atoms with van der Waals surface area (Å²) in [6.07, 6.45) is 3.40. The van der Waals surface area contributed by atoms with Gasteiger partial charge in [0.15, 0.2) is 5.82 Å². The van der Waals surface area contributed by atoms with Crippen LogP contribution >= 0.6 is 0 Å². The Kier molecular flexibility index (Phi) is 6.77. The predicted octanol–water partition coefficient (Wildman–Crippen LogP) is 2.03. The zero-order valence-electron chi connectivity index (χ0n) is 18.3. The Labute approximate surface area is 178 Å². The van der Waals surface area contributed by atoms with Gasteiger partial charge in [0.05, 0.1) is 18.6 Å². The number of benzene rings is 1. The van der Waals surface area contributed by atoms with Gasteiger partial charge in [-0.3, -0.25) is 0 Å². The van der Waals surface area contributed by atoms with Crippen molar-refractivity contribution in [3.63, 3.8) is 0 Å². The Balaban J connectivity index is 1.85. The minimum absolute atomic E-state index is 0.0168. The van der Waals surface area contributed by atoms with Crippen molar-refractivity contribution in [2.24, 2.45) is 0 Å². The number of piperidine rings is 1. The molecule has 0 amide bonds. The normalized spacial score (nSPS) is 14.6. The maximum atomic E-state index is 12.9. The summed E-state index contributed by atoms with van der Waals surface area (Å²) >= 11 is 0. The molecule has 164 valence electrons. The zero-order chi connectivity index (χ0) is 21.9. The van der Waals surface area contributed by atoms with Gasteiger partial charge >= 0.3 is 0 Å². The van der Waals surface area contributed by atoms with Crippen LogP contribution in [0.25, 0.3) is 0 Å². The summed E-state index contributed by atoms with van der Waals surface area (Å²) in [6, 6.07) is 3.22. The quantitative estimate of drug-likeness (QED) is 0.707. The molecule has 2 aromatic rings. The molecule has 2 heterocycles. The summed E-state index contributed by atoms with van der Waals surface area (Å²) in [6.45, 7) is 5.39. The average molecular weight is 435 g/mol. The molecule has 0 radical (unpaired) electrons. The van der Waals surface area contributed by atoms with Gasteiger partial charge in [0.1, 0.15) is 5.75 Å². The van der Waals surface area contributed by atoms with Gasteiger partial charge in [0.2, 0.25) is 21.9 Å². The first-order chi connectivity index (χ1) is 14.2. The van der Waals surface area contributed by atoms with Crippen LogP contribution in [0.5, 0.6) is 5.75 Å². The van der Waals surface area contributed by atoms with Gasteiger partial charge < -0.3 is 14.5 Å². The van der Waals surface area contributed by atoms with Crippen molar-refractivity contribution in [1.82, 2.24) is 19.7 Å². The van der Waals surface area contributed by atoms with Gasteiger partial charge in [0.25, 0.3) is 0 Å². The fourth-order valence-electron chi connectivity index (χ4n) is 3.43. The van der Waals surface area contributed by atoms with Crippen molar-refractivity contribution in [2.45, 2.75) is 44.6 Å². The number of methoxy groups -OCH3 is 1. The highest BCUT2D eigenvalue weighted by Gasteiger charge is 2.21. The van der Waals surface area contributed by atoms with Crippen LogP contribution in [0.3, 0.4) is 0 Å². The standard InChI is InChI=1S/C20H30N6O3S/c1-14-15(2)17(10-9-16(14)29-5)30(27,28)21-13-18-22-19(25(3)4)24-20(23-18)26-11-7-6-8-12-26/h9-10,21H,6-8,11-13H2,1-5H3. The molecule has 0 unspecified atom stereocenters. The van der Waals surface area contributed by atoms with E-state index in [-0.39, 0.29) is 11.4 Å². The molecule has 1 fully saturated rings. The maximum Gasteiger partial charge on any atom is 0.241 e. The first kappa shape index (κ1) is 22.2. The molecule has 1 aromatic heterocycles. The van der Waals surface area contributed by atoms with Crippen molar-refractivity contribution in [3.05, 3.63) is 29.1 Å². The summed E-state index contributed by atoms with van der Waals surface area (Å²) < 4.78 is 33.8. The third-order valence-corrected chi connectivity index (χ3v) is 6.86. The van der Waals surface area contributed by atoms with Crippen LogP contribution in [0.1, 0.15) is 36.2 Å².